The second-order valence-corrected chi connectivity index (χ2v) is 8.03. The summed E-state index contributed by atoms with van der Waals surface area (Å²) in [6.07, 6.45) is 3.71. The molecule has 0 fully saturated rings. The monoisotopic (exact) mass is 419 g/mol. The minimum atomic E-state index is -0.132. The summed E-state index contributed by atoms with van der Waals surface area (Å²) in [5.74, 6) is 1.54. The summed E-state index contributed by atoms with van der Waals surface area (Å²) in [4.78, 5) is 18.3. The van der Waals surface area contributed by atoms with Gasteiger partial charge in [0.25, 0.3) is 5.91 Å². The van der Waals surface area contributed by atoms with Gasteiger partial charge in [0.15, 0.2) is 4.96 Å². The van der Waals surface area contributed by atoms with Crippen LogP contribution in [0.25, 0.3) is 16.2 Å². The number of imidazole rings is 1. The number of nitrogens with one attached hydrogen (secondary N) is 1. The van der Waals surface area contributed by atoms with Crippen molar-refractivity contribution in [2.75, 3.05) is 13.7 Å². The lowest BCUT2D eigenvalue weighted by atomic mass is 10.0. The SMILES string of the molecule is COc1ccccc1-c1cn2c(C(=O)NC[C@H]3CCc4ccccc4O3)csc2n1. The number of aromatic nitrogens is 2. The van der Waals surface area contributed by atoms with Gasteiger partial charge in [-0.3, -0.25) is 9.20 Å². The number of nitrogens with zero attached hydrogens (tertiary/aromatic N) is 2. The van der Waals surface area contributed by atoms with E-state index in [0.717, 1.165) is 40.6 Å². The Morgan fingerprint density at radius 2 is 2.10 bits per heavy atom. The van der Waals surface area contributed by atoms with Gasteiger partial charge in [-0.1, -0.05) is 30.3 Å². The molecule has 5 rings (SSSR count). The average Bonchev–Trinajstić information content (AvgIpc) is 3.38. The Morgan fingerprint density at radius 3 is 3.00 bits per heavy atom. The van der Waals surface area contributed by atoms with Crippen LogP contribution in [-0.2, 0) is 6.42 Å². The molecule has 0 saturated carbocycles. The van der Waals surface area contributed by atoms with E-state index in [1.807, 2.05) is 58.4 Å². The maximum atomic E-state index is 12.8. The van der Waals surface area contributed by atoms with E-state index < -0.39 is 0 Å². The van der Waals surface area contributed by atoms with E-state index in [0.29, 0.717) is 12.2 Å². The van der Waals surface area contributed by atoms with Gasteiger partial charge in [0.1, 0.15) is 23.3 Å². The second-order valence-electron chi connectivity index (χ2n) is 7.20. The van der Waals surface area contributed by atoms with Crippen LogP contribution in [0, 0.1) is 0 Å². The molecule has 1 aliphatic heterocycles. The number of thiazole rings is 1. The fourth-order valence-corrected chi connectivity index (χ4v) is 4.61. The predicted octanol–water partition coefficient (Wildman–Crippen LogP) is 4.20. The molecule has 3 heterocycles. The second kappa shape index (κ2) is 7.84. The molecule has 2 aromatic carbocycles. The maximum absolute atomic E-state index is 12.8. The molecular weight excluding hydrogens is 398 g/mol. The maximum Gasteiger partial charge on any atom is 0.269 e. The highest BCUT2D eigenvalue weighted by Crippen LogP contribution is 2.31. The number of para-hydroxylation sites is 2. The largest absolute Gasteiger partial charge is 0.496 e. The van der Waals surface area contributed by atoms with Crippen LogP contribution < -0.4 is 14.8 Å². The van der Waals surface area contributed by atoms with Crippen molar-refractivity contribution >= 4 is 22.2 Å². The average molecular weight is 420 g/mol. The lowest BCUT2D eigenvalue weighted by Gasteiger charge is -2.26. The number of fused-ring (bicyclic) bond motifs is 2. The number of hydrogen-bond donors (Lipinski definition) is 1. The van der Waals surface area contributed by atoms with Crippen LogP contribution in [0.2, 0.25) is 0 Å². The Labute approximate surface area is 178 Å². The third-order valence-electron chi connectivity index (χ3n) is 5.32. The molecule has 6 nitrogen and oxygen atoms in total. The summed E-state index contributed by atoms with van der Waals surface area (Å²) < 4.78 is 13.3. The van der Waals surface area contributed by atoms with Gasteiger partial charge in [0.2, 0.25) is 0 Å². The molecule has 0 aliphatic carbocycles. The van der Waals surface area contributed by atoms with Gasteiger partial charge in [-0.05, 0) is 36.6 Å². The molecule has 1 amide bonds. The number of benzene rings is 2. The minimum Gasteiger partial charge on any atom is -0.496 e. The molecular formula is C23H21N3O3S. The Bertz CT molecular complexity index is 1210. The first-order chi connectivity index (χ1) is 14.7. The highest BCUT2D eigenvalue weighted by molar-refractivity contribution is 7.15. The van der Waals surface area contributed by atoms with Crippen molar-refractivity contribution in [2.45, 2.75) is 18.9 Å². The smallest absolute Gasteiger partial charge is 0.269 e. The first-order valence-electron chi connectivity index (χ1n) is 9.85. The van der Waals surface area contributed by atoms with Crippen molar-refractivity contribution < 1.29 is 14.3 Å². The van der Waals surface area contributed by atoms with Crippen LogP contribution in [0.5, 0.6) is 11.5 Å². The predicted molar refractivity (Wildman–Crippen MR) is 117 cm³/mol. The van der Waals surface area contributed by atoms with Crippen LogP contribution in [0.3, 0.4) is 0 Å². The van der Waals surface area contributed by atoms with Gasteiger partial charge in [-0.15, -0.1) is 11.3 Å². The van der Waals surface area contributed by atoms with E-state index >= 15 is 0 Å². The number of rotatable bonds is 5. The molecule has 30 heavy (non-hydrogen) atoms. The molecule has 0 unspecified atom stereocenters. The molecule has 2 aromatic heterocycles. The summed E-state index contributed by atoms with van der Waals surface area (Å²) in [6, 6.07) is 15.8. The zero-order valence-electron chi connectivity index (χ0n) is 16.5. The Morgan fingerprint density at radius 1 is 1.27 bits per heavy atom. The normalized spacial score (nSPS) is 15.4. The van der Waals surface area contributed by atoms with Crippen LogP contribution >= 0.6 is 11.3 Å². The first-order valence-corrected chi connectivity index (χ1v) is 10.7. The molecule has 0 bridgehead atoms. The zero-order chi connectivity index (χ0) is 20.5. The number of amides is 1. The van der Waals surface area contributed by atoms with E-state index in [1.54, 1.807) is 7.11 Å². The number of carbonyl (C=O) groups excluding carboxylic acids is 1. The quantitative estimate of drug-likeness (QED) is 0.527. The fourth-order valence-electron chi connectivity index (χ4n) is 3.75. The lowest BCUT2D eigenvalue weighted by molar-refractivity contribution is 0.0913. The van der Waals surface area contributed by atoms with Gasteiger partial charge < -0.3 is 14.8 Å². The molecule has 7 heteroatoms. The van der Waals surface area contributed by atoms with Crippen molar-refractivity contribution in [1.82, 2.24) is 14.7 Å². The van der Waals surface area contributed by atoms with Gasteiger partial charge in [0, 0.05) is 17.1 Å². The van der Waals surface area contributed by atoms with Gasteiger partial charge in [-0.2, -0.15) is 0 Å². The van der Waals surface area contributed by atoms with Crippen LogP contribution in [-0.4, -0.2) is 35.1 Å². The van der Waals surface area contributed by atoms with Crippen LogP contribution in [0.1, 0.15) is 22.5 Å². The van der Waals surface area contributed by atoms with Crippen molar-refractivity contribution in [3.63, 3.8) is 0 Å². The molecule has 4 aromatic rings. The number of aryl methyl sites for hydroxylation is 1. The first kappa shape index (κ1) is 18.7. The molecule has 1 atom stereocenters. The molecule has 0 radical (unpaired) electrons. The van der Waals surface area contributed by atoms with E-state index in [1.165, 1.54) is 16.9 Å². The fraction of sp³-hybridized carbons (Fsp3) is 0.217. The van der Waals surface area contributed by atoms with E-state index in [-0.39, 0.29) is 12.0 Å². The molecule has 0 saturated heterocycles. The van der Waals surface area contributed by atoms with E-state index in [2.05, 4.69) is 16.4 Å². The topological polar surface area (TPSA) is 64.9 Å². The number of ether oxygens (including phenoxy) is 2. The van der Waals surface area contributed by atoms with E-state index in [4.69, 9.17) is 9.47 Å². The number of hydrogen-bond acceptors (Lipinski definition) is 5. The zero-order valence-corrected chi connectivity index (χ0v) is 17.3. The van der Waals surface area contributed by atoms with Gasteiger partial charge >= 0.3 is 0 Å². The third kappa shape index (κ3) is 3.41. The molecule has 0 spiro atoms. The molecule has 1 aliphatic rings. The summed E-state index contributed by atoms with van der Waals surface area (Å²) in [7, 11) is 1.64. The van der Waals surface area contributed by atoms with Crippen LogP contribution in [0.4, 0.5) is 0 Å². The van der Waals surface area contributed by atoms with Crippen molar-refractivity contribution in [2.24, 2.45) is 0 Å². The van der Waals surface area contributed by atoms with Gasteiger partial charge in [0.05, 0.1) is 19.3 Å². The molecule has 1 N–H and O–H groups in total. The van der Waals surface area contributed by atoms with Crippen LogP contribution in [0.15, 0.2) is 60.1 Å². The highest BCUT2D eigenvalue weighted by atomic mass is 32.1. The summed E-state index contributed by atoms with van der Waals surface area (Å²) in [6.45, 7) is 0.471. The Hall–Kier alpha value is -3.32. The Balaban J connectivity index is 1.32. The van der Waals surface area contributed by atoms with Crippen molar-refractivity contribution in [3.05, 3.63) is 71.4 Å². The lowest BCUT2D eigenvalue weighted by Crippen LogP contribution is -2.37. The summed E-state index contributed by atoms with van der Waals surface area (Å²) >= 11 is 1.44. The standard InChI is InChI=1S/C23H21N3O3S/c1-28-21-9-5-3-7-17(21)18-13-26-19(14-30-23(26)25-18)22(27)24-12-16-11-10-15-6-2-4-8-20(15)29-16/h2-9,13-14,16H,10-12H2,1H3,(H,24,27)/t16-/m1/s1. The third-order valence-corrected chi connectivity index (χ3v) is 6.16. The summed E-state index contributed by atoms with van der Waals surface area (Å²) in [5, 5.41) is 4.85. The Kier molecular flexibility index (Phi) is 4.88. The highest BCUT2D eigenvalue weighted by Gasteiger charge is 2.21. The minimum absolute atomic E-state index is 0.0232. The van der Waals surface area contributed by atoms with Crippen molar-refractivity contribution in [3.8, 4) is 22.8 Å². The van der Waals surface area contributed by atoms with Gasteiger partial charge in [-0.25, -0.2) is 4.98 Å². The molecule has 152 valence electrons. The van der Waals surface area contributed by atoms with Crippen molar-refractivity contribution in [1.29, 1.82) is 0 Å². The number of carbonyl (C=O) groups is 1. The van der Waals surface area contributed by atoms with E-state index in [9.17, 15) is 4.79 Å². The summed E-state index contributed by atoms with van der Waals surface area (Å²) in [5.41, 5.74) is 3.47. The number of methoxy groups -OCH3 is 1.